The minimum Gasteiger partial charge on any atom is -0.359 e. The molecule has 0 spiro atoms. The lowest BCUT2D eigenvalue weighted by Crippen LogP contribution is -2.61. The van der Waals surface area contributed by atoms with E-state index in [9.17, 15) is 14.4 Å². The van der Waals surface area contributed by atoms with Crippen molar-refractivity contribution in [2.75, 3.05) is 26.7 Å². The van der Waals surface area contributed by atoms with Gasteiger partial charge in [0.1, 0.15) is 5.69 Å². The van der Waals surface area contributed by atoms with Gasteiger partial charge in [0.2, 0.25) is 11.8 Å². The number of carbonyl (C=O) groups excluding carboxylic acids is 3. The van der Waals surface area contributed by atoms with Crippen molar-refractivity contribution in [3.8, 4) is 0 Å². The highest BCUT2D eigenvalue weighted by Crippen LogP contribution is 2.26. The molecule has 3 rings (SSSR count). The zero-order valence-electron chi connectivity index (χ0n) is 12.7. The molecule has 7 nitrogen and oxygen atoms in total. The molecule has 1 aromatic rings. The molecule has 1 N–H and O–H groups in total. The molecule has 0 aliphatic carbocycles. The van der Waals surface area contributed by atoms with Crippen molar-refractivity contribution in [1.82, 2.24) is 20.1 Å². The van der Waals surface area contributed by atoms with Crippen LogP contribution in [0.15, 0.2) is 18.3 Å². The number of hydrogen-bond acceptors (Lipinski definition) is 4. The zero-order chi connectivity index (χ0) is 16.6. The van der Waals surface area contributed by atoms with Crippen molar-refractivity contribution in [3.63, 3.8) is 0 Å². The monoisotopic (exact) mass is 336 g/mol. The average molecular weight is 337 g/mol. The molecule has 3 heterocycles. The van der Waals surface area contributed by atoms with Crippen molar-refractivity contribution in [2.24, 2.45) is 5.92 Å². The summed E-state index contributed by atoms with van der Waals surface area (Å²) in [6.45, 7) is 1.36. The van der Waals surface area contributed by atoms with Gasteiger partial charge in [-0.25, -0.2) is 4.98 Å². The van der Waals surface area contributed by atoms with Gasteiger partial charge in [-0.3, -0.25) is 14.4 Å². The second-order valence-electron chi connectivity index (χ2n) is 5.79. The fourth-order valence-corrected chi connectivity index (χ4v) is 3.06. The molecule has 3 amide bonds. The smallest absolute Gasteiger partial charge is 0.272 e. The summed E-state index contributed by atoms with van der Waals surface area (Å²) in [4.78, 5) is 43.3. The normalized spacial score (nSPS) is 21.3. The first-order valence-electron chi connectivity index (χ1n) is 7.41. The highest BCUT2D eigenvalue weighted by molar-refractivity contribution is 6.30. The fourth-order valence-electron chi connectivity index (χ4n) is 2.95. The van der Waals surface area contributed by atoms with E-state index < -0.39 is 0 Å². The Morgan fingerprint density at radius 3 is 2.65 bits per heavy atom. The Balaban J connectivity index is 1.57. The van der Waals surface area contributed by atoms with Gasteiger partial charge in [-0.15, -0.1) is 0 Å². The molecule has 0 bridgehead atoms. The number of amides is 3. The van der Waals surface area contributed by atoms with Gasteiger partial charge >= 0.3 is 0 Å². The summed E-state index contributed by atoms with van der Waals surface area (Å²) in [5.74, 6) is -0.610. The summed E-state index contributed by atoms with van der Waals surface area (Å²) in [6, 6.07) is 3.19. The van der Waals surface area contributed by atoms with E-state index in [2.05, 4.69) is 10.3 Å². The minimum absolute atomic E-state index is 0.0200. The van der Waals surface area contributed by atoms with Crippen molar-refractivity contribution in [1.29, 1.82) is 0 Å². The molecule has 0 saturated carbocycles. The third-order valence-corrected chi connectivity index (χ3v) is 4.54. The third kappa shape index (κ3) is 3.01. The molecule has 0 aromatic carbocycles. The molecule has 2 saturated heterocycles. The van der Waals surface area contributed by atoms with E-state index in [-0.39, 0.29) is 36.1 Å². The van der Waals surface area contributed by atoms with Gasteiger partial charge < -0.3 is 15.1 Å². The van der Waals surface area contributed by atoms with Gasteiger partial charge in [0.25, 0.3) is 5.91 Å². The standard InChI is InChI=1S/C15H17ClN4O3/c1-17-14(22)9-4-13(21)20(6-9)11-7-19(8-11)15(23)12-3-2-10(16)5-18-12/h2-3,5,9,11H,4,6-8H2,1H3,(H,17,22). The molecule has 2 aliphatic heterocycles. The highest BCUT2D eigenvalue weighted by atomic mass is 35.5. The predicted molar refractivity (Wildman–Crippen MR) is 82.8 cm³/mol. The van der Waals surface area contributed by atoms with Crippen LogP contribution in [0.5, 0.6) is 0 Å². The second-order valence-corrected chi connectivity index (χ2v) is 6.22. The van der Waals surface area contributed by atoms with Crippen LogP contribution in [0.4, 0.5) is 0 Å². The van der Waals surface area contributed by atoms with Crippen LogP contribution in [-0.4, -0.2) is 65.2 Å². The molecule has 23 heavy (non-hydrogen) atoms. The molecule has 2 fully saturated rings. The Morgan fingerprint density at radius 1 is 1.30 bits per heavy atom. The molecule has 2 aliphatic rings. The predicted octanol–water partition coefficient (Wildman–Crippen LogP) is 0.154. The summed E-state index contributed by atoms with van der Waals surface area (Å²) in [7, 11) is 1.57. The lowest BCUT2D eigenvalue weighted by Gasteiger charge is -2.43. The van der Waals surface area contributed by atoms with E-state index in [4.69, 9.17) is 11.6 Å². The SMILES string of the molecule is CNC(=O)C1CC(=O)N(C2CN(C(=O)c3ccc(Cl)cn3)C2)C1. The van der Waals surface area contributed by atoms with Crippen LogP contribution in [0.25, 0.3) is 0 Å². The van der Waals surface area contributed by atoms with Crippen LogP contribution in [0.2, 0.25) is 5.02 Å². The van der Waals surface area contributed by atoms with E-state index in [1.54, 1.807) is 29.0 Å². The number of likely N-dealkylation sites (tertiary alicyclic amines) is 2. The van der Waals surface area contributed by atoms with E-state index in [0.29, 0.717) is 30.4 Å². The van der Waals surface area contributed by atoms with Crippen molar-refractivity contribution < 1.29 is 14.4 Å². The van der Waals surface area contributed by atoms with Gasteiger partial charge in [-0.1, -0.05) is 11.6 Å². The van der Waals surface area contributed by atoms with Crippen LogP contribution in [0, 0.1) is 5.92 Å². The lowest BCUT2D eigenvalue weighted by atomic mass is 10.1. The summed E-state index contributed by atoms with van der Waals surface area (Å²) in [6.07, 6.45) is 1.67. The third-order valence-electron chi connectivity index (χ3n) is 4.31. The van der Waals surface area contributed by atoms with Crippen LogP contribution in [-0.2, 0) is 9.59 Å². The van der Waals surface area contributed by atoms with Crippen LogP contribution >= 0.6 is 11.6 Å². The van der Waals surface area contributed by atoms with E-state index in [1.807, 2.05) is 0 Å². The number of aromatic nitrogens is 1. The number of nitrogens with zero attached hydrogens (tertiary/aromatic N) is 3. The van der Waals surface area contributed by atoms with Gasteiger partial charge in [-0.2, -0.15) is 0 Å². The second kappa shape index (κ2) is 6.16. The quantitative estimate of drug-likeness (QED) is 0.852. The number of rotatable bonds is 3. The van der Waals surface area contributed by atoms with Gasteiger partial charge in [0.15, 0.2) is 0 Å². The lowest BCUT2D eigenvalue weighted by molar-refractivity contribution is -0.132. The summed E-state index contributed by atoms with van der Waals surface area (Å²) >= 11 is 5.76. The first kappa shape index (κ1) is 15.7. The highest BCUT2D eigenvalue weighted by Gasteiger charge is 2.43. The summed E-state index contributed by atoms with van der Waals surface area (Å²) in [5.41, 5.74) is 0.337. The Kier molecular flexibility index (Phi) is 4.21. The van der Waals surface area contributed by atoms with E-state index in [0.717, 1.165) is 0 Å². The maximum Gasteiger partial charge on any atom is 0.272 e. The Bertz CT molecular complexity index is 643. The molecule has 8 heteroatoms. The molecule has 0 radical (unpaired) electrons. The zero-order valence-corrected chi connectivity index (χ0v) is 13.4. The van der Waals surface area contributed by atoms with Crippen molar-refractivity contribution >= 4 is 29.3 Å². The molecular weight excluding hydrogens is 320 g/mol. The summed E-state index contributed by atoms with van der Waals surface area (Å²) < 4.78 is 0. The number of hydrogen-bond donors (Lipinski definition) is 1. The minimum atomic E-state index is -0.296. The first-order valence-corrected chi connectivity index (χ1v) is 7.79. The number of carbonyl (C=O) groups is 3. The fraction of sp³-hybridized carbons (Fsp3) is 0.467. The molecular formula is C15H17ClN4O3. The number of nitrogens with one attached hydrogen (secondary N) is 1. The first-order chi connectivity index (χ1) is 11.0. The van der Waals surface area contributed by atoms with Gasteiger partial charge in [0.05, 0.1) is 17.0 Å². The average Bonchev–Trinajstić information content (AvgIpc) is 2.87. The number of pyridine rings is 1. The van der Waals surface area contributed by atoms with Crippen molar-refractivity contribution in [2.45, 2.75) is 12.5 Å². The summed E-state index contributed by atoms with van der Waals surface area (Å²) in [5, 5.41) is 3.05. The molecule has 1 atom stereocenters. The van der Waals surface area contributed by atoms with Crippen LogP contribution in [0.3, 0.4) is 0 Å². The maximum atomic E-state index is 12.3. The van der Waals surface area contributed by atoms with Crippen LogP contribution < -0.4 is 5.32 Å². The molecule has 1 unspecified atom stereocenters. The van der Waals surface area contributed by atoms with Gasteiger partial charge in [-0.05, 0) is 12.1 Å². The maximum absolute atomic E-state index is 12.3. The van der Waals surface area contributed by atoms with Gasteiger partial charge in [0, 0.05) is 39.3 Å². The molecule has 1 aromatic heterocycles. The van der Waals surface area contributed by atoms with E-state index >= 15 is 0 Å². The topological polar surface area (TPSA) is 82.6 Å². The van der Waals surface area contributed by atoms with Crippen molar-refractivity contribution in [3.05, 3.63) is 29.0 Å². The molecule has 122 valence electrons. The Morgan fingerprint density at radius 2 is 2.04 bits per heavy atom. The number of halogens is 1. The Labute approximate surface area is 138 Å². The van der Waals surface area contributed by atoms with E-state index in [1.165, 1.54) is 6.20 Å². The van der Waals surface area contributed by atoms with Crippen LogP contribution in [0.1, 0.15) is 16.9 Å². The Hall–Kier alpha value is -2.15. The largest absolute Gasteiger partial charge is 0.359 e.